The highest BCUT2D eigenvalue weighted by atomic mass is 35.5. The van der Waals surface area contributed by atoms with Gasteiger partial charge in [0, 0.05) is 80.5 Å². The van der Waals surface area contributed by atoms with Gasteiger partial charge in [-0.15, -0.1) is 0 Å². The number of methoxy groups -OCH3 is 2. The predicted molar refractivity (Wildman–Crippen MR) is 180 cm³/mol. The smallest absolute Gasteiger partial charge is 0.274 e. The fourth-order valence-corrected chi connectivity index (χ4v) is 5.74. The molecule has 3 heterocycles. The Hall–Kier alpha value is -4.35. The molecular weight excluding hydrogens is 604 g/mol. The Morgan fingerprint density at radius 1 is 1.04 bits per heavy atom. The Bertz CT molecular complexity index is 1680. The molecule has 2 aromatic carbocycles. The number of hydrogen-bond donors (Lipinski definition) is 4. The molecule has 10 nitrogen and oxygen atoms in total. The number of hydrogen-bond acceptors (Lipinski definition) is 8. The standard InChI is InChI=1S/C35H39ClN6O4/c1-22-27(5-4-6-29(22)42-35(44)30-11-7-23(19-40-30)18-37-15-16-45-2)28-13-14-39-34(33(28)36)24-8-9-25(31(17-24)46-3)20-38-21-26-10-12-32(43)41-26/h4-9,11,13-14,17,19,26,37-38H,10,12,15-16,18,20-21H2,1-3H3,(H,41,43)(H,42,44)/t26-/m0/s1. The number of halogens is 1. The first-order valence-electron chi connectivity index (χ1n) is 15.3. The van der Waals surface area contributed by atoms with Crippen molar-refractivity contribution in [1.29, 1.82) is 0 Å². The molecule has 240 valence electrons. The average Bonchev–Trinajstić information content (AvgIpc) is 3.49. The molecule has 11 heteroatoms. The van der Waals surface area contributed by atoms with Crippen molar-refractivity contribution in [2.45, 2.75) is 38.9 Å². The van der Waals surface area contributed by atoms with Gasteiger partial charge in [0.1, 0.15) is 11.4 Å². The van der Waals surface area contributed by atoms with Crippen molar-refractivity contribution in [3.63, 3.8) is 0 Å². The van der Waals surface area contributed by atoms with E-state index in [4.69, 9.17) is 21.1 Å². The normalized spacial score (nSPS) is 14.3. The molecule has 1 saturated heterocycles. The van der Waals surface area contributed by atoms with Crippen LogP contribution in [-0.4, -0.2) is 61.7 Å². The fourth-order valence-electron chi connectivity index (χ4n) is 5.42. The molecule has 0 spiro atoms. The van der Waals surface area contributed by atoms with Gasteiger partial charge < -0.3 is 30.7 Å². The summed E-state index contributed by atoms with van der Waals surface area (Å²) in [4.78, 5) is 33.5. The Balaban J connectivity index is 1.30. The van der Waals surface area contributed by atoms with E-state index < -0.39 is 0 Å². The SMILES string of the molecule is COCCNCc1ccc(C(=O)Nc2cccc(-c3ccnc(-c4ccc(CNC[C@@H]5CCC(=O)N5)c(OC)c4)c3Cl)c2C)nc1. The first-order chi connectivity index (χ1) is 22.4. The highest BCUT2D eigenvalue weighted by molar-refractivity contribution is 6.35. The molecule has 1 aliphatic heterocycles. The summed E-state index contributed by atoms with van der Waals surface area (Å²) < 4.78 is 10.8. The molecule has 2 amide bonds. The zero-order chi connectivity index (χ0) is 32.5. The van der Waals surface area contributed by atoms with E-state index in [-0.39, 0.29) is 17.9 Å². The van der Waals surface area contributed by atoms with E-state index in [9.17, 15) is 9.59 Å². The zero-order valence-electron chi connectivity index (χ0n) is 26.3. The number of nitrogens with zero attached hydrogens (tertiary/aromatic N) is 2. The van der Waals surface area contributed by atoms with Crippen molar-refractivity contribution >= 4 is 29.1 Å². The summed E-state index contributed by atoms with van der Waals surface area (Å²) in [7, 11) is 3.30. The number of nitrogens with one attached hydrogen (secondary N) is 4. The lowest BCUT2D eigenvalue weighted by molar-refractivity contribution is -0.119. The first kappa shape index (κ1) is 33.0. The Morgan fingerprint density at radius 2 is 1.91 bits per heavy atom. The second-order valence-corrected chi connectivity index (χ2v) is 11.5. The van der Waals surface area contributed by atoms with Crippen LogP contribution in [0.4, 0.5) is 5.69 Å². The van der Waals surface area contributed by atoms with Crippen molar-refractivity contribution in [1.82, 2.24) is 25.9 Å². The average molecular weight is 643 g/mol. The molecule has 4 aromatic rings. The second-order valence-electron chi connectivity index (χ2n) is 11.1. The fraction of sp³-hybridized carbons (Fsp3) is 0.314. The highest BCUT2D eigenvalue weighted by Crippen LogP contribution is 2.39. The maximum Gasteiger partial charge on any atom is 0.274 e. The van der Waals surface area contributed by atoms with Crippen LogP contribution in [0.3, 0.4) is 0 Å². The largest absolute Gasteiger partial charge is 0.496 e. The van der Waals surface area contributed by atoms with Crippen LogP contribution in [0.2, 0.25) is 5.02 Å². The topological polar surface area (TPSA) is 126 Å². The van der Waals surface area contributed by atoms with Crippen LogP contribution in [-0.2, 0) is 22.6 Å². The zero-order valence-corrected chi connectivity index (χ0v) is 27.0. The third-order valence-electron chi connectivity index (χ3n) is 7.98. The molecule has 0 saturated carbocycles. The van der Waals surface area contributed by atoms with E-state index >= 15 is 0 Å². The molecule has 0 radical (unpaired) electrons. The molecule has 2 aromatic heterocycles. The molecule has 0 unspecified atom stereocenters. The van der Waals surface area contributed by atoms with E-state index in [1.54, 1.807) is 32.7 Å². The summed E-state index contributed by atoms with van der Waals surface area (Å²) in [5.74, 6) is 0.525. The Morgan fingerprint density at radius 3 is 2.65 bits per heavy atom. The van der Waals surface area contributed by atoms with Gasteiger partial charge in [0.05, 0.1) is 24.4 Å². The molecule has 0 bridgehead atoms. The van der Waals surface area contributed by atoms with Gasteiger partial charge in [-0.3, -0.25) is 19.6 Å². The Kier molecular flexibility index (Phi) is 11.3. The molecule has 1 fully saturated rings. The van der Waals surface area contributed by atoms with Gasteiger partial charge in [-0.1, -0.05) is 41.9 Å². The van der Waals surface area contributed by atoms with Crippen LogP contribution in [0.15, 0.2) is 67.0 Å². The van der Waals surface area contributed by atoms with E-state index in [0.717, 1.165) is 46.3 Å². The molecule has 5 rings (SSSR count). The molecule has 0 aliphatic carbocycles. The molecule has 1 atom stereocenters. The minimum absolute atomic E-state index is 0.105. The van der Waals surface area contributed by atoms with Crippen LogP contribution in [0.25, 0.3) is 22.4 Å². The molecule has 1 aliphatic rings. The minimum atomic E-state index is -0.296. The van der Waals surface area contributed by atoms with Crippen LogP contribution >= 0.6 is 11.6 Å². The van der Waals surface area contributed by atoms with Gasteiger partial charge in [0.25, 0.3) is 5.91 Å². The predicted octanol–water partition coefficient (Wildman–Crippen LogP) is 5.14. The summed E-state index contributed by atoms with van der Waals surface area (Å²) in [5, 5.41) is 13.2. The van der Waals surface area contributed by atoms with E-state index in [0.29, 0.717) is 60.5 Å². The van der Waals surface area contributed by atoms with Gasteiger partial charge in [0.15, 0.2) is 0 Å². The number of benzene rings is 2. The summed E-state index contributed by atoms with van der Waals surface area (Å²) >= 11 is 7.02. The lowest BCUT2D eigenvalue weighted by Crippen LogP contribution is -2.35. The molecular formula is C35H39ClN6O4. The molecule has 4 N–H and O–H groups in total. The third-order valence-corrected chi connectivity index (χ3v) is 8.37. The summed E-state index contributed by atoms with van der Waals surface area (Å²) in [6, 6.07) is 17.3. The highest BCUT2D eigenvalue weighted by Gasteiger charge is 2.21. The monoisotopic (exact) mass is 642 g/mol. The Labute approximate surface area is 274 Å². The van der Waals surface area contributed by atoms with Crippen LogP contribution in [0.1, 0.15) is 40.0 Å². The van der Waals surface area contributed by atoms with Gasteiger partial charge >= 0.3 is 0 Å². The number of amides is 2. The van der Waals surface area contributed by atoms with Crippen LogP contribution in [0, 0.1) is 6.92 Å². The molecule has 46 heavy (non-hydrogen) atoms. The van der Waals surface area contributed by atoms with E-state index in [2.05, 4.69) is 31.2 Å². The van der Waals surface area contributed by atoms with Crippen molar-refractivity contribution in [2.24, 2.45) is 0 Å². The quantitative estimate of drug-likeness (QED) is 0.139. The number of anilines is 1. The second kappa shape index (κ2) is 15.8. The number of aromatic nitrogens is 2. The number of rotatable bonds is 14. The number of pyridine rings is 2. The van der Waals surface area contributed by atoms with E-state index in [1.165, 1.54) is 0 Å². The van der Waals surface area contributed by atoms with Crippen LogP contribution in [0.5, 0.6) is 5.75 Å². The van der Waals surface area contributed by atoms with Crippen molar-refractivity contribution in [2.75, 3.05) is 39.2 Å². The third kappa shape index (κ3) is 8.07. The lowest BCUT2D eigenvalue weighted by atomic mass is 9.97. The van der Waals surface area contributed by atoms with Gasteiger partial charge in [-0.25, -0.2) is 0 Å². The summed E-state index contributed by atoms with van der Waals surface area (Å²) in [5.41, 5.74) is 6.95. The van der Waals surface area contributed by atoms with Gasteiger partial charge in [0.2, 0.25) is 5.91 Å². The van der Waals surface area contributed by atoms with E-state index in [1.807, 2.05) is 55.5 Å². The van der Waals surface area contributed by atoms with Gasteiger partial charge in [-0.05, 0) is 54.3 Å². The maximum absolute atomic E-state index is 13.1. The number of carbonyl (C=O) groups excluding carboxylic acids is 2. The number of carbonyl (C=O) groups is 2. The van der Waals surface area contributed by atoms with Crippen LogP contribution < -0.4 is 26.0 Å². The summed E-state index contributed by atoms with van der Waals surface area (Å²) in [6.45, 7) is 5.25. The van der Waals surface area contributed by atoms with Crippen molar-refractivity contribution in [3.8, 4) is 28.1 Å². The maximum atomic E-state index is 13.1. The van der Waals surface area contributed by atoms with Crippen molar-refractivity contribution in [3.05, 3.63) is 94.4 Å². The summed E-state index contributed by atoms with van der Waals surface area (Å²) in [6.07, 6.45) is 4.85. The number of ether oxygens (including phenoxy) is 2. The first-order valence-corrected chi connectivity index (χ1v) is 15.6. The van der Waals surface area contributed by atoms with Crippen molar-refractivity contribution < 1.29 is 19.1 Å². The minimum Gasteiger partial charge on any atom is -0.496 e. The lowest BCUT2D eigenvalue weighted by Gasteiger charge is -2.16. The van der Waals surface area contributed by atoms with Gasteiger partial charge in [-0.2, -0.15) is 0 Å².